The number of nitrogens with one attached hydrogen (secondary N) is 1. The second-order valence-corrected chi connectivity index (χ2v) is 4.12. The topological polar surface area (TPSA) is 75.4 Å². The van der Waals surface area contributed by atoms with E-state index in [1.165, 1.54) is 6.07 Å². The van der Waals surface area contributed by atoms with Gasteiger partial charge in [0.15, 0.2) is 5.76 Å². The standard InChI is InChI=1S/C13H14N2O3/c1-8-3-4-10(6-12(8)16)13(17)14-7-11-5-9(2)15-18-11/h3-6,16H,7H2,1-2H3,(H,14,17). The molecule has 0 aliphatic heterocycles. The number of amides is 1. The van der Waals surface area contributed by atoms with E-state index in [-0.39, 0.29) is 18.2 Å². The summed E-state index contributed by atoms with van der Waals surface area (Å²) in [5, 5.41) is 15.9. The highest BCUT2D eigenvalue weighted by molar-refractivity contribution is 5.94. The van der Waals surface area contributed by atoms with Crippen LogP contribution in [0.1, 0.15) is 27.4 Å². The Kier molecular flexibility index (Phi) is 3.32. The van der Waals surface area contributed by atoms with Crippen molar-refractivity contribution in [3.63, 3.8) is 0 Å². The number of phenols is 1. The number of aromatic nitrogens is 1. The summed E-state index contributed by atoms with van der Waals surface area (Å²) in [7, 11) is 0. The molecule has 0 atom stereocenters. The fourth-order valence-corrected chi connectivity index (χ4v) is 1.52. The molecular weight excluding hydrogens is 232 g/mol. The van der Waals surface area contributed by atoms with E-state index in [1.54, 1.807) is 25.1 Å². The molecule has 0 fully saturated rings. The van der Waals surface area contributed by atoms with Crippen LogP contribution in [0.25, 0.3) is 0 Å². The van der Waals surface area contributed by atoms with Crippen molar-refractivity contribution in [3.05, 3.63) is 46.8 Å². The van der Waals surface area contributed by atoms with Gasteiger partial charge in [0, 0.05) is 11.6 Å². The number of rotatable bonds is 3. The molecule has 1 aromatic heterocycles. The second kappa shape index (κ2) is 4.91. The summed E-state index contributed by atoms with van der Waals surface area (Å²) in [5.41, 5.74) is 1.92. The molecule has 0 aliphatic carbocycles. The number of benzene rings is 1. The van der Waals surface area contributed by atoms with Crippen LogP contribution in [0.5, 0.6) is 5.75 Å². The van der Waals surface area contributed by atoms with E-state index in [1.807, 2.05) is 6.92 Å². The van der Waals surface area contributed by atoms with Crippen molar-refractivity contribution in [1.82, 2.24) is 10.5 Å². The molecule has 1 aromatic carbocycles. The lowest BCUT2D eigenvalue weighted by Crippen LogP contribution is -2.22. The van der Waals surface area contributed by atoms with Gasteiger partial charge in [-0.3, -0.25) is 4.79 Å². The summed E-state index contributed by atoms with van der Waals surface area (Å²) < 4.78 is 4.98. The van der Waals surface area contributed by atoms with Crippen molar-refractivity contribution in [2.75, 3.05) is 0 Å². The lowest BCUT2D eigenvalue weighted by atomic mass is 10.1. The van der Waals surface area contributed by atoms with E-state index in [9.17, 15) is 9.90 Å². The molecule has 2 rings (SSSR count). The van der Waals surface area contributed by atoms with Crippen LogP contribution in [-0.2, 0) is 6.54 Å². The predicted molar refractivity (Wildman–Crippen MR) is 65.3 cm³/mol. The van der Waals surface area contributed by atoms with Gasteiger partial charge in [0.05, 0.1) is 12.2 Å². The van der Waals surface area contributed by atoms with Crippen LogP contribution in [0.3, 0.4) is 0 Å². The van der Waals surface area contributed by atoms with Gasteiger partial charge in [-0.15, -0.1) is 0 Å². The Morgan fingerprint density at radius 3 is 2.78 bits per heavy atom. The molecule has 0 saturated carbocycles. The molecule has 1 heterocycles. The van der Waals surface area contributed by atoms with Crippen LogP contribution >= 0.6 is 0 Å². The van der Waals surface area contributed by atoms with Crippen LogP contribution < -0.4 is 5.32 Å². The number of nitrogens with zero attached hydrogens (tertiary/aromatic N) is 1. The largest absolute Gasteiger partial charge is 0.508 e. The first-order valence-electron chi connectivity index (χ1n) is 5.56. The smallest absolute Gasteiger partial charge is 0.251 e. The highest BCUT2D eigenvalue weighted by Crippen LogP contribution is 2.17. The minimum atomic E-state index is -0.264. The summed E-state index contributed by atoms with van der Waals surface area (Å²) in [5.74, 6) is 0.440. The van der Waals surface area contributed by atoms with Gasteiger partial charge in [0.25, 0.3) is 5.91 Å². The van der Waals surface area contributed by atoms with Gasteiger partial charge in [-0.05, 0) is 31.5 Å². The van der Waals surface area contributed by atoms with Gasteiger partial charge >= 0.3 is 0 Å². The number of carbonyl (C=O) groups is 1. The number of hydrogen-bond donors (Lipinski definition) is 2. The molecule has 1 amide bonds. The molecule has 5 nitrogen and oxygen atoms in total. The van der Waals surface area contributed by atoms with E-state index < -0.39 is 0 Å². The molecular formula is C13H14N2O3. The fraction of sp³-hybridized carbons (Fsp3) is 0.231. The summed E-state index contributed by atoms with van der Waals surface area (Å²) in [6.07, 6.45) is 0. The Labute approximate surface area is 104 Å². The zero-order valence-corrected chi connectivity index (χ0v) is 10.2. The average Bonchev–Trinajstić information content (AvgIpc) is 2.75. The zero-order chi connectivity index (χ0) is 13.1. The molecule has 0 saturated heterocycles. The first-order chi connectivity index (χ1) is 8.56. The maximum absolute atomic E-state index is 11.8. The third-order valence-corrected chi connectivity index (χ3v) is 2.57. The SMILES string of the molecule is Cc1cc(CNC(=O)c2ccc(C)c(O)c2)on1. The lowest BCUT2D eigenvalue weighted by Gasteiger charge is -2.04. The summed E-state index contributed by atoms with van der Waals surface area (Å²) in [4.78, 5) is 11.8. The predicted octanol–water partition coefficient (Wildman–Crippen LogP) is 1.93. The number of aromatic hydroxyl groups is 1. The lowest BCUT2D eigenvalue weighted by molar-refractivity contribution is 0.0946. The van der Waals surface area contributed by atoms with Crippen LogP contribution in [0, 0.1) is 13.8 Å². The Bertz CT molecular complexity index is 575. The fourth-order valence-electron chi connectivity index (χ4n) is 1.52. The van der Waals surface area contributed by atoms with Gasteiger partial charge in [-0.1, -0.05) is 11.2 Å². The number of hydrogen-bond acceptors (Lipinski definition) is 4. The van der Waals surface area contributed by atoms with Crippen LogP contribution in [0.2, 0.25) is 0 Å². The molecule has 0 radical (unpaired) electrons. The molecule has 94 valence electrons. The van der Waals surface area contributed by atoms with Crippen molar-refractivity contribution < 1.29 is 14.4 Å². The molecule has 0 unspecified atom stereocenters. The third kappa shape index (κ3) is 2.68. The normalized spacial score (nSPS) is 10.3. The van der Waals surface area contributed by atoms with Gasteiger partial charge in [-0.25, -0.2) is 0 Å². The second-order valence-electron chi connectivity index (χ2n) is 4.12. The molecule has 2 N–H and O–H groups in total. The van der Waals surface area contributed by atoms with Crippen molar-refractivity contribution in [1.29, 1.82) is 0 Å². The Hall–Kier alpha value is -2.30. The van der Waals surface area contributed by atoms with E-state index in [0.717, 1.165) is 11.3 Å². The number of carbonyl (C=O) groups excluding carboxylic acids is 1. The quantitative estimate of drug-likeness (QED) is 0.867. The van der Waals surface area contributed by atoms with Gasteiger partial charge < -0.3 is 14.9 Å². The summed E-state index contributed by atoms with van der Waals surface area (Å²) in [6, 6.07) is 6.56. The van der Waals surface area contributed by atoms with Gasteiger partial charge in [-0.2, -0.15) is 0 Å². The first-order valence-corrected chi connectivity index (χ1v) is 5.56. The minimum Gasteiger partial charge on any atom is -0.508 e. The van der Waals surface area contributed by atoms with Crippen molar-refractivity contribution in [2.45, 2.75) is 20.4 Å². The van der Waals surface area contributed by atoms with E-state index in [2.05, 4.69) is 10.5 Å². The van der Waals surface area contributed by atoms with Crippen molar-refractivity contribution in [2.24, 2.45) is 0 Å². The highest BCUT2D eigenvalue weighted by atomic mass is 16.5. The maximum atomic E-state index is 11.8. The Morgan fingerprint density at radius 2 is 2.17 bits per heavy atom. The zero-order valence-electron chi connectivity index (χ0n) is 10.2. The highest BCUT2D eigenvalue weighted by Gasteiger charge is 2.08. The Balaban J connectivity index is 2.01. The van der Waals surface area contributed by atoms with Crippen LogP contribution in [0.4, 0.5) is 0 Å². The molecule has 0 bridgehead atoms. The van der Waals surface area contributed by atoms with E-state index in [4.69, 9.17) is 4.52 Å². The van der Waals surface area contributed by atoms with E-state index >= 15 is 0 Å². The monoisotopic (exact) mass is 246 g/mol. The average molecular weight is 246 g/mol. The van der Waals surface area contributed by atoms with Crippen LogP contribution in [-0.4, -0.2) is 16.2 Å². The minimum absolute atomic E-state index is 0.109. The van der Waals surface area contributed by atoms with Crippen molar-refractivity contribution in [3.8, 4) is 5.75 Å². The molecule has 0 aliphatic rings. The van der Waals surface area contributed by atoms with E-state index in [0.29, 0.717) is 11.3 Å². The maximum Gasteiger partial charge on any atom is 0.251 e. The molecule has 0 spiro atoms. The summed E-state index contributed by atoms with van der Waals surface area (Å²) >= 11 is 0. The van der Waals surface area contributed by atoms with Crippen molar-refractivity contribution >= 4 is 5.91 Å². The summed E-state index contributed by atoms with van der Waals surface area (Å²) in [6.45, 7) is 3.86. The third-order valence-electron chi connectivity index (χ3n) is 2.57. The molecule has 5 heteroatoms. The number of aryl methyl sites for hydroxylation is 2. The van der Waals surface area contributed by atoms with Gasteiger partial charge in [0.2, 0.25) is 0 Å². The molecule has 18 heavy (non-hydrogen) atoms. The first kappa shape index (κ1) is 12.2. The number of phenolic OH excluding ortho intramolecular Hbond substituents is 1. The molecule has 2 aromatic rings. The van der Waals surface area contributed by atoms with Crippen LogP contribution in [0.15, 0.2) is 28.8 Å². The van der Waals surface area contributed by atoms with Gasteiger partial charge in [0.1, 0.15) is 5.75 Å². The Morgan fingerprint density at radius 1 is 1.39 bits per heavy atom.